The van der Waals surface area contributed by atoms with Gasteiger partial charge in [-0.3, -0.25) is 0 Å². The molecule has 0 fully saturated rings. The number of hydrogen-bond acceptors (Lipinski definition) is 2. The molecular formula is C52H54N2. The summed E-state index contributed by atoms with van der Waals surface area (Å²) in [5.41, 5.74) is 16.3. The van der Waals surface area contributed by atoms with E-state index in [-0.39, 0.29) is 10.8 Å². The van der Waals surface area contributed by atoms with Crippen LogP contribution < -0.4 is 20.2 Å². The van der Waals surface area contributed by atoms with Crippen molar-refractivity contribution in [3.05, 3.63) is 165 Å². The number of allylic oxidation sites excluding steroid dienone is 13. The second-order valence-corrected chi connectivity index (χ2v) is 17.8. The van der Waals surface area contributed by atoms with Crippen molar-refractivity contribution in [1.29, 1.82) is 0 Å². The molecule has 2 nitrogen and oxygen atoms in total. The van der Waals surface area contributed by atoms with Crippen molar-refractivity contribution in [1.82, 2.24) is 0 Å². The van der Waals surface area contributed by atoms with Crippen LogP contribution in [0.2, 0.25) is 0 Å². The number of hydrogen-bond donors (Lipinski definition) is 0. The monoisotopic (exact) mass is 706 g/mol. The molecule has 0 aromatic heterocycles. The Morgan fingerprint density at radius 2 is 1.41 bits per heavy atom. The maximum absolute atomic E-state index is 2.73. The molecular weight excluding hydrogens is 653 g/mol. The van der Waals surface area contributed by atoms with Gasteiger partial charge in [0, 0.05) is 33.7 Å². The summed E-state index contributed by atoms with van der Waals surface area (Å²) in [7, 11) is 0. The van der Waals surface area contributed by atoms with E-state index in [1.54, 1.807) is 22.3 Å². The van der Waals surface area contributed by atoms with Crippen LogP contribution >= 0.6 is 0 Å². The zero-order chi connectivity index (χ0) is 36.6. The highest BCUT2D eigenvalue weighted by atomic mass is 15.2. The minimum atomic E-state index is 0.0247. The highest BCUT2D eigenvalue weighted by molar-refractivity contribution is 5.86. The molecule has 3 atom stereocenters. The normalized spacial score (nSPS) is 25.4. The molecule has 0 heterocycles. The zero-order valence-corrected chi connectivity index (χ0v) is 32.6. The Hall–Kier alpha value is -4.82. The van der Waals surface area contributed by atoms with Gasteiger partial charge in [0.05, 0.1) is 5.69 Å². The molecule has 2 heteroatoms. The molecule has 7 aliphatic rings. The van der Waals surface area contributed by atoms with E-state index in [1.165, 1.54) is 63.0 Å². The zero-order valence-electron chi connectivity index (χ0n) is 32.6. The topological polar surface area (TPSA) is 6.48 Å². The molecule has 0 saturated carbocycles. The summed E-state index contributed by atoms with van der Waals surface area (Å²) in [6, 6.07) is 24.8. The number of benzene rings is 3. The maximum Gasteiger partial charge on any atom is 0.0539 e. The van der Waals surface area contributed by atoms with E-state index in [0.29, 0.717) is 17.8 Å². The van der Waals surface area contributed by atoms with Crippen LogP contribution in [-0.2, 0) is 5.41 Å². The van der Waals surface area contributed by atoms with E-state index in [2.05, 4.69) is 165 Å². The lowest BCUT2D eigenvalue weighted by Gasteiger charge is -2.39. The molecule has 3 aromatic carbocycles. The number of rotatable bonds is 6. The molecule has 3 unspecified atom stereocenters. The predicted octanol–water partition coefficient (Wildman–Crippen LogP) is 12.1. The fraction of sp³-hybridized carbons (Fsp3) is 0.346. The molecule has 54 heavy (non-hydrogen) atoms. The Morgan fingerprint density at radius 3 is 2.11 bits per heavy atom. The first-order valence-electron chi connectivity index (χ1n) is 20.8. The first kappa shape index (κ1) is 33.7. The van der Waals surface area contributed by atoms with Crippen LogP contribution in [0.5, 0.6) is 0 Å². The molecule has 0 spiro atoms. The number of anilines is 3. The number of nitrogens with zero attached hydrogens (tertiary/aromatic N) is 2. The van der Waals surface area contributed by atoms with Gasteiger partial charge in [0.25, 0.3) is 0 Å². The SMILES string of the molecule is CC1(C)C2=C(CC3C(=C2)c2c(cc(N(C4=CCCC=C4)c4ccccc4)c4c2=CCCC=4)C3(C)C)C2CCC(N(C3=CC=CCC3)c3ccccc3)=CC21. The van der Waals surface area contributed by atoms with E-state index >= 15 is 0 Å². The second kappa shape index (κ2) is 12.9. The minimum absolute atomic E-state index is 0.0247. The molecule has 0 bridgehead atoms. The largest absolute Gasteiger partial charge is 0.318 e. The number of para-hydroxylation sites is 2. The average Bonchev–Trinajstić information content (AvgIpc) is 3.57. The van der Waals surface area contributed by atoms with Crippen LogP contribution in [0.1, 0.15) is 96.6 Å². The van der Waals surface area contributed by atoms with Crippen LogP contribution in [0.3, 0.4) is 0 Å². The predicted molar refractivity (Wildman–Crippen MR) is 228 cm³/mol. The van der Waals surface area contributed by atoms with Gasteiger partial charge in [-0.1, -0.05) is 118 Å². The van der Waals surface area contributed by atoms with Crippen LogP contribution in [0.15, 0.2) is 144 Å². The third-order valence-electron chi connectivity index (χ3n) is 14.1. The fourth-order valence-electron chi connectivity index (χ4n) is 11.4. The highest BCUT2D eigenvalue weighted by Gasteiger charge is 2.54. The van der Waals surface area contributed by atoms with Crippen molar-refractivity contribution in [2.75, 3.05) is 9.80 Å². The summed E-state index contributed by atoms with van der Waals surface area (Å²) in [4.78, 5) is 5.15. The van der Waals surface area contributed by atoms with Crippen molar-refractivity contribution in [2.45, 2.75) is 90.9 Å². The Bertz CT molecular complexity index is 2370. The Balaban J connectivity index is 1.09. The lowest BCUT2D eigenvalue weighted by molar-refractivity contribution is 0.267. The van der Waals surface area contributed by atoms with Crippen LogP contribution in [0.25, 0.3) is 17.7 Å². The third kappa shape index (κ3) is 5.19. The van der Waals surface area contributed by atoms with Gasteiger partial charge in [0.15, 0.2) is 0 Å². The molecule has 0 N–H and O–H groups in total. The van der Waals surface area contributed by atoms with Crippen LogP contribution in [0, 0.1) is 23.2 Å². The summed E-state index contributed by atoms with van der Waals surface area (Å²) >= 11 is 0. The summed E-state index contributed by atoms with van der Waals surface area (Å²) in [6.45, 7) is 10.2. The van der Waals surface area contributed by atoms with Crippen molar-refractivity contribution >= 4 is 34.8 Å². The van der Waals surface area contributed by atoms with Crippen LogP contribution in [-0.4, -0.2) is 0 Å². The van der Waals surface area contributed by atoms with Crippen LogP contribution in [0.4, 0.5) is 17.1 Å². The summed E-state index contributed by atoms with van der Waals surface area (Å²) in [5.74, 6) is 1.60. The maximum atomic E-state index is 2.73. The fourth-order valence-corrected chi connectivity index (χ4v) is 11.4. The molecule has 0 saturated heterocycles. The van der Waals surface area contributed by atoms with Gasteiger partial charge >= 0.3 is 0 Å². The lowest BCUT2D eigenvalue weighted by Crippen LogP contribution is -2.37. The average molecular weight is 707 g/mol. The van der Waals surface area contributed by atoms with E-state index in [9.17, 15) is 0 Å². The van der Waals surface area contributed by atoms with E-state index in [0.717, 1.165) is 44.9 Å². The van der Waals surface area contributed by atoms with Crippen molar-refractivity contribution in [2.24, 2.45) is 23.2 Å². The van der Waals surface area contributed by atoms with E-state index in [4.69, 9.17) is 0 Å². The standard InChI is InChI=1S/C52H54N2/c1-51(2)45-31-39(53(35-19-9-5-10-20-35)36-21-11-6-12-22-36)29-30-40(45)43-32-47-44(33-46(43)51)50-42-28-18-17-27-41(42)49(34-48(50)52(47,3)4)54(37-23-13-7-14-24-37)38-25-15-8-16-26-38/h5-7,9-11,13-15,19-21,23-28,31,33-34,40,45,47H,8,12,16-18,22,29-30,32H2,1-4H3. The third-order valence-corrected chi connectivity index (χ3v) is 14.1. The Morgan fingerprint density at radius 1 is 0.685 bits per heavy atom. The first-order chi connectivity index (χ1) is 26.3. The Kier molecular flexibility index (Phi) is 8.06. The molecule has 272 valence electrons. The van der Waals surface area contributed by atoms with Crippen molar-refractivity contribution in [3.63, 3.8) is 0 Å². The van der Waals surface area contributed by atoms with E-state index < -0.39 is 0 Å². The molecule has 7 aliphatic carbocycles. The molecule has 0 radical (unpaired) electrons. The van der Waals surface area contributed by atoms with E-state index in [1.807, 2.05) is 0 Å². The molecule has 10 rings (SSSR count). The van der Waals surface area contributed by atoms with Crippen molar-refractivity contribution in [3.8, 4) is 0 Å². The van der Waals surface area contributed by atoms with Gasteiger partial charge in [-0.2, -0.15) is 0 Å². The van der Waals surface area contributed by atoms with Gasteiger partial charge < -0.3 is 9.80 Å². The minimum Gasteiger partial charge on any atom is -0.318 e. The molecule has 0 amide bonds. The summed E-state index contributed by atoms with van der Waals surface area (Å²) in [5, 5.41) is 2.89. The van der Waals surface area contributed by atoms with Gasteiger partial charge in [-0.25, -0.2) is 0 Å². The molecule has 3 aromatic rings. The summed E-state index contributed by atoms with van der Waals surface area (Å²) in [6.07, 6.45) is 34.7. The lowest BCUT2D eigenvalue weighted by atomic mass is 9.70. The summed E-state index contributed by atoms with van der Waals surface area (Å²) < 4.78 is 0. The van der Waals surface area contributed by atoms with Gasteiger partial charge in [0.2, 0.25) is 0 Å². The second-order valence-electron chi connectivity index (χ2n) is 17.8. The van der Waals surface area contributed by atoms with Crippen molar-refractivity contribution < 1.29 is 0 Å². The first-order valence-corrected chi connectivity index (χ1v) is 20.8. The smallest absolute Gasteiger partial charge is 0.0539 e. The van der Waals surface area contributed by atoms with Gasteiger partial charge in [-0.05, 0) is 156 Å². The quantitative estimate of drug-likeness (QED) is 0.252. The van der Waals surface area contributed by atoms with Gasteiger partial charge in [0.1, 0.15) is 0 Å². The number of fused-ring (bicyclic) bond motifs is 7. The molecule has 0 aliphatic heterocycles. The highest BCUT2D eigenvalue weighted by Crippen LogP contribution is 2.64. The van der Waals surface area contributed by atoms with Gasteiger partial charge in [-0.15, -0.1) is 0 Å². The Labute approximate surface area is 322 Å².